The number of nitrogens with one attached hydrogen (secondary N) is 1. The number of ether oxygens (including phenoxy) is 1. The fourth-order valence-corrected chi connectivity index (χ4v) is 5.02. The molecular weight excluding hydrogens is 392 g/mol. The van der Waals surface area contributed by atoms with E-state index in [1.807, 2.05) is 55.5 Å². The van der Waals surface area contributed by atoms with Crippen LogP contribution in [0.15, 0.2) is 48.5 Å². The number of para-hydroxylation sites is 2. The van der Waals surface area contributed by atoms with Crippen molar-refractivity contribution in [3.63, 3.8) is 0 Å². The maximum atomic E-state index is 13.8. The van der Waals surface area contributed by atoms with Gasteiger partial charge in [0.05, 0.1) is 24.5 Å². The summed E-state index contributed by atoms with van der Waals surface area (Å²) in [6, 6.07) is 15.3. The van der Waals surface area contributed by atoms with E-state index in [0.29, 0.717) is 24.3 Å². The van der Waals surface area contributed by atoms with Gasteiger partial charge >= 0.3 is 0 Å². The van der Waals surface area contributed by atoms with Crippen molar-refractivity contribution in [2.24, 2.45) is 0 Å². The summed E-state index contributed by atoms with van der Waals surface area (Å²) in [6.45, 7) is 7.20. The molecule has 1 spiro atoms. The summed E-state index contributed by atoms with van der Waals surface area (Å²) in [5.41, 5.74) is 1.82. The number of hydrogen-bond acceptors (Lipinski definition) is 5. The minimum atomic E-state index is -1.21. The van der Waals surface area contributed by atoms with Gasteiger partial charge in [-0.2, -0.15) is 0 Å². The highest BCUT2D eigenvalue weighted by Gasteiger charge is 2.58. The van der Waals surface area contributed by atoms with Gasteiger partial charge < -0.3 is 19.9 Å². The summed E-state index contributed by atoms with van der Waals surface area (Å²) in [6.07, 6.45) is 0.791. The van der Waals surface area contributed by atoms with Gasteiger partial charge in [-0.3, -0.25) is 14.5 Å². The number of carbonyl (C=O) groups excluding carboxylic acids is 2. The molecule has 1 unspecified atom stereocenters. The van der Waals surface area contributed by atoms with Crippen molar-refractivity contribution in [3.05, 3.63) is 59.7 Å². The number of amides is 2. The molecule has 0 aliphatic carbocycles. The van der Waals surface area contributed by atoms with E-state index in [-0.39, 0.29) is 11.8 Å². The lowest BCUT2D eigenvalue weighted by Crippen LogP contribution is -2.62. The molecule has 2 amide bonds. The Morgan fingerprint density at radius 1 is 1.00 bits per heavy atom. The Bertz CT molecular complexity index is 1000. The number of hydrogen-bond donors (Lipinski definition) is 1. The SMILES string of the molecule is CCN1C(=O)C2(Nc3ccccc3C(=O)N2CCCN2CCOCC2)c2ccccc21. The molecule has 2 aromatic rings. The first kappa shape index (κ1) is 20.0. The second kappa shape index (κ2) is 7.98. The van der Waals surface area contributed by atoms with Crippen LogP contribution >= 0.6 is 0 Å². The van der Waals surface area contributed by atoms with E-state index in [9.17, 15) is 9.59 Å². The van der Waals surface area contributed by atoms with Gasteiger partial charge in [-0.25, -0.2) is 0 Å². The maximum Gasteiger partial charge on any atom is 0.278 e. The second-order valence-electron chi connectivity index (χ2n) is 8.21. The Balaban J connectivity index is 1.53. The molecule has 0 radical (unpaired) electrons. The van der Waals surface area contributed by atoms with Crippen LogP contribution in [-0.2, 0) is 15.2 Å². The van der Waals surface area contributed by atoms with Crippen molar-refractivity contribution < 1.29 is 14.3 Å². The van der Waals surface area contributed by atoms with Crippen LogP contribution in [-0.4, -0.2) is 67.6 Å². The van der Waals surface area contributed by atoms with Crippen molar-refractivity contribution >= 4 is 23.2 Å². The molecule has 5 rings (SSSR count). The highest BCUT2D eigenvalue weighted by molar-refractivity contribution is 6.15. The number of anilines is 2. The highest BCUT2D eigenvalue weighted by Crippen LogP contribution is 2.47. The molecule has 162 valence electrons. The number of fused-ring (bicyclic) bond motifs is 3. The molecule has 3 heterocycles. The molecule has 1 atom stereocenters. The molecule has 31 heavy (non-hydrogen) atoms. The Morgan fingerprint density at radius 3 is 2.55 bits per heavy atom. The first-order valence-corrected chi connectivity index (χ1v) is 11.1. The number of benzene rings is 2. The number of nitrogens with zero attached hydrogens (tertiary/aromatic N) is 3. The van der Waals surface area contributed by atoms with Crippen LogP contribution in [0, 0.1) is 0 Å². The standard InChI is InChI=1S/C24H28N4O3/c1-2-27-21-11-6-4-9-19(21)24(23(27)30)25-20-10-5-3-8-18(20)22(29)28(24)13-7-12-26-14-16-31-17-15-26/h3-6,8-11,25H,2,7,12-17H2,1H3. The van der Waals surface area contributed by atoms with Crippen molar-refractivity contribution in [1.29, 1.82) is 0 Å². The number of likely N-dealkylation sites (N-methyl/N-ethyl adjacent to an activating group) is 1. The van der Waals surface area contributed by atoms with Crippen molar-refractivity contribution in [1.82, 2.24) is 9.80 Å². The molecule has 3 aliphatic rings. The summed E-state index contributed by atoms with van der Waals surface area (Å²) in [7, 11) is 0. The van der Waals surface area contributed by atoms with Crippen molar-refractivity contribution in [3.8, 4) is 0 Å². The first-order valence-electron chi connectivity index (χ1n) is 11.1. The quantitative estimate of drug-likeness (QED) is 0.805. The summed E-state index contributed by atoms with van der Waals surface area (Å²) in [4.78, 5) is 33.4. The highest BCUT2D eigenvalue weighted by atomic mass is 16.5. The minimum Gasteiger partial charge on any atom is -0.379 e. The van der Waals surface area contributed by atoms with Gasteiger partial charge in [-0.15, -0.1) is 0 Å². The van der Waals surface area contributed by atoms with E-state index in [1.165, 1.54) is 0 Å². The predicted octanol–water partition coefficient (Wildman–Crippen LogP) is 2.50. The van der Waals surface area contributed by atoms with Gasteiger partial charge in [0.1, 0.15) is 0 Å². The molecule has 3 aliphatic heterocycles. The third-order valence-electron chi connectivity index (χ3n) is 6.54. The van der Waals surface area contributed by atoms with Gasteiger partial charge in [0.25, 0.3) is 11.8 Å². The minimum absolute atomic E-state index is 0.0922. The van der Waals surface area contributed by atoms with Crippen molar-refractivity contribution in [2.45, 2.75) is 19.0 Å². The van der Waals surface area contributed by atoms with E-state index in [1.54, 1.807) is 9.80 Å². The lowest BCUT2D eigenvalue weighted by molar-refractivity contribution is -0.127. The molecule has 1 fully saturated rings. The maximum absolute atomic E-state index is 13.8. The number of rotatable bonds is 5. The Hall–Kier alpha value is -2.90. The summed E-state index contributed by atoms with van der Waals surface area (Å²) < 4.78 is 5.44. The normalized spacial score (nSPS) is 23.1. The third kappa shape index (κ3) is 3.11. The smallest absolute Gasteiger partial charge is 0.278 e. The molecule has 1 N–H and O–H groups in total. The molecule has 0 bridgehead atoms. The van der Waals surface area contributed by atoms with Gasteiger partial charge in [-0.1, -0.05) is 30.3 Å². The van der Waals surface area contributed by atoms with Crippen LogP contribution in [0.25, 0.3) is 0 Å². The molecule has 2 aromatic carbocycles. The summed E-state index contributed by atoms with van der Waals surface area (Å²) >= 11 is 0. The molecule has 7 nitrogen and oxygen atoms in total. The van der Waals surface area contributed by atoms with Crippen LogP contribution in [0.4, 0.5) is 11.4 Å². The first-order chi connectivity index (χ1) is 15.2. The van der Waals surface area contributed by atoms with Crippen LogP contribution in [0.1, 0.15) is 29.3 Å². The third-order valence-corrected chi connectivity index (χ3v) is 6.54. The van der Waals surface area contributed by atoms with Crippen LogP contribution in [0.3, 0.4) is 0 Å². The van der Waals surface area contributed by atoms with Gasteiger partial charge in [0.2, 0.25) is 5.66 Å². The van der Waals surface area contributed by atoms with Gasteiger partial charge in [0.15, 0.2) is 0 Å². The second-order valence-corrected chi connectivity index (χ2v) is 8.21. The van der Waals surface area contributed by atoms with E-state index < -0.39 is 5.66 Å². The lowest BCUT2D eigenvalue weighted by Gasteiger charge is -2.45. The van der Waals surface area contributed by atoms with Crippen LogP contribution in [0.2, 0.25) is 0 Å². The summed E-state index contributed by atoms with van der Waals surface area (Å²) in [5.74, 6) is -0.192. The predicted molar refractivity (Wildman–Crippen MR) is 119 cm³/mol. The Labute approximate surface area is 182 Å². The van der Waals surface area contributed by atoms with Gasteiger partial charge in [-0.05, 0) is 31.5 Å². The van der Waals surface area contributed by atoms with E-state index >= 15 is 0 Å². The monoisotopic (exact) mass is 420 g/mol. The van der Waals surface area contributed by atoms with Crippen LogP contribution < -0.4 is 10.2 Å². The number of morpholine rings is 1. The fourth-order valence-electron chi connectivity index (χ4n) is 5.02. The zero-order valence-electron chi connectivity index (χ0n) is 17.8. The average molecular weight is 421 g/mol. The van der Waals surface area contributed by atoms with E-state index in [4.69, 9.17) is 4.74 Å². The van der Waals surface area contributed by atoms with E-state index in [2.05, 4.69) is 10.2 Å². The molecule has 0 saturated carbocycles. The molecular formula is C24H28N4O3. The van der Waals surface area contributed by atoms with Crippen LogP contribution in [0.5, 0.6) is 0 Å². The topological polar surface area (TPSA) is 65.1 Å². The number of carbonyl (C=O) groups is 2. The Kier molecular flexibility index (Phi) is 5.16. The molecule has 1 saturated heterocycles. The molecule has 0 aromatic heterocycles. The lowest BCUT2D eigenvalue weighted by atomic mass is 9.92. The fraction of sp³-hybridized carbons (Fsp3) is 0.417. The zero-order chi connectivity index (χ0) is 21.4. The van der Waals surface area contributed by atoms with Gasteiger partial charge in [0, 0.05) is 44.0 Å². The zero-order valence-corrected chi connectivity index (χ0v) is 17.8. The summed E-state index contributed by atoms with van der Waals surface area (Å²) in [5, 5.41) is 3.49. The Morgan fingerprint density at radius 2 is 1.74 bits per heavy atom. The van der Waals surface area contributed by atoms with Crippen molar-refractivity contribution in [2.75, 3.05) is 56.2 Å². The van der Waals surface area contributed by atoms with E-state index in [0.717, 1.165) is 50.5 Å². The largest absolute Gasteiger partial charge is 0.379 e. The molecule has 7 heteroatoms. The average Bonchev–Trinajstić information content (AvgIpc) is 3.04.